The predicted octanol–water partition coefficient (Wildman–Crippen LogP) is 0.901. The highest BCUT2D eigenvalue weighted by molar-refractivity contribution is 7.89. The van der Waals surface area contributed by atoms with E-state index in [9.17, 15) is 13.2 Å². The minimum atomic E-state index is -3.94. The van der Waals surface area contributed by atoms with E-state index in [1.807, 2.05) is 0 Å². The molecule has 1 aliphatic heterocycles. The third kappa shape index (κ3) is 2.70. The lowest BCUT2D eigenvalue weighted by atomic mass is 10.3. The summed E-state index contributed by atoms with van der Waals surface area (Å²) in [6, 6.07) is 4.52. The van der Waals surface area contributed by atoms with E-state index in [4.69, 9.17) is 14.6 Å². The van der Waals surface area contributed by atoms with Gasteiger partial charge in [-0.1, -0.05) is 13.0 Å². The van der Waals surface area contributed by atoms with Gasteiger partial charge in [-0.05, 0) is 18.6 Å². The molecule has 0 saturated carbocycles. The van der Waals surface area contributed by atoms with Crippen molar-refractivity contribution in [2.24, 2.45) is 0 Å². The van der Waals surface area contributed by atoms with Crippen molar-refractivity contribution < 1.29 is 27.8 Å². The molecule has 1 aliphatic rings. The van der Waals surface area contributed by atoms with E-state index in [1.54, 1.807) is 13.0 Å². The van der Waals surface area contributed by atoms with Crippen LogP contribution in [-0.2, 0) is 14.8 Å². The van der Waals surface area contributed by atoms with E-state index in [2.05, 4.69) is 0 Å². The van der Waals surface area contributed by atoms with Gasteiger partial charge in [-0.15, -0.1) is 0 Å². The summed E-state index contributed by atoms with van der Waals surface area (Å²) in [4.78, 5) is 10.8. The molecule has 1 aromatic carbocycles. The lowest BCUT2D eigenvalue weighted by Crippen LogP contribution is -2.36. The number of carbonyl (C=O) groups is 1. The van der Waals surface area contributed by atoms with Crippen LogP contribution < -0.4 is 9.47 Å². The molecular weight excluding hydrogens is 286 g/mol. The molecule has 0 saturated heterocycles. The average Bonchev–Trinajstić information content (AvgIpc) is 2.85. The van der Waals surface area contributed by atoms with Gasteiger partial charge in [-0.2, -0.15) is 4.31 Å². The number of nitrogens with zero attached hydrogens (tertiary/aromatic N) is 1. The number of carboxylic acids is 1. The lowest BCUT2D eigenvalue weighted by molar-refractivity contribution is -0.137. The molecule has 2 rings (SSSR count). The second kappa shape index (κ2) is 5.68. The van der Waals surface area contributed by atoms with E-state index < -0.39 is 22.5 Å². The third-order valence-electron chi connectivity index (χ3n) is 2.76. The van der Waals surface area contributed by atoms with Crippen LogP contribution in [-0.4, -0.2) is 43.7 Å². The normalized spacial score (nSPS) is 13.7. The van der Waals surface area contributed by atoms with Gasteiger partial charge in [0.2, 0.25) is 16.8 Å². The number of hydrogen-bond donors (Lipinski definition) is 1. The van der Waals surface area contributed by atoms with Crippen LogP contribution in [0.5, 0.6) is 11.5 Å². The molecule has 20 heavy (non-hydrogen) atoms. The van der Waals surface area contributed by atoms with Crippen molar-refractivity contribution in [2.75, 3.05) is 19.9 Å². The molecule has 0 amide bonds. The Bertz CT molecular complexity index is 612. The van der Waals surface area contributed by atoms with Gasteiger partial charge in [0.05, 0.1) is 0 Å². The molecule has 0 spiro atoms. The van der Waals surface area contributed by atoms with Crippen molar-refractivity contribution >= 4 is 16.0 Å². The molecule has 0 bridgehead atoms. The maximum Gasteiger partial charge on any atom is 0.318 e. The zero-order valence-corrected chi connectivity index (χ0v) is 11.7. The molecule has 0 atom stereocenters. The molecule has 0 unspecified atom stereocenters. The molecule has 0 aromatic heterocycles. The van der Waals surface area contributed by atoms with Crippen molar-refractivity contribution in [3.8, 4) is 11.5 Å². The van der Waals surface area contributed by atoms with Crippen LogP contribution in [0, 0.1) is 0 Å². The van der Waals surface area contributed by atoms with Crippen LogP contribution in [0.15, 0.2) is 23.1 Å². The number of hydrogen-bond acceptors (Lipinski definition) is 5. The van der Waals surface area contributed by atoms with Gasteiger partial charge in [0.25, 0.3) is 0 Å². The lowest BCUT2D eigenvalue weighted by Gasteiger charge is -2.20. The topological polar surface area (TPSA) is 93.1 Å². The van der Waals surface area contributed by atoms with Gasteiger partial charge >= 0.3 is 5.97 Å². The first kappa shape index (κ1) is 14.6. The number of carboxylic acid groups (broad SMARTS) is 1. The number of para-hydroxylation sites is 1. The van der Waals surface area contributed by atoms with Gasteiger partial charge in [0, 0.05) is 6.54 Å². The van der Waals surface area contributed by atoms with Gasteiger partial charge in [-0.25, -0.2) is 8.42 Å². The van der Waals surface area contributed by atoms with E-state index in [-0.39, 0.29) is 24.0 Å². The number of aliphatic carboxylic acids is 1. The smallest absolute Gasteiger partial charge is 0.318 e. The molecule has 7 nitrogen and oxygen atoms in total. The Morgan fingerprint density at radius 2 is 2.15 bits per heavy atom. The fourth-order valence-corrected chi connectivity index (χ4v) is 3.56. The van der Waals surface area contributed by atoms with Crippen LogP contribution in [0.4, 0.5) is 0 Å². The van der Waals surface area contributed by atoms with Crippen LogP contribution in [0.25, 0.3) is 0 Å². The van der Waals surface area contributed by atoms with E-state index >= 15 is 0 Å². The molecule has 8 heteroatoms. The number of sulfonamides is 1. The predicted molar refractivity (Wildman–Crippen MR) is 69.3 cm³/mol. The number of fused-ring (bicyclic) bond motifs is 1. The van der Waals surface area contributed by atoms with Gasteiger partial charge < -0.3 is 14.6 Å². The van der Waals surface area contributed by atoms with Gasteiger partial charge in [0.1, 0.15) is 11.4 Å². The summed E-state index contributed by atoms with van der Waals surface area (Å²) in [6.45, 7) is 1.27. The summed E-state index contributed by atoms with van der Waals surface area (Å²) in [5.41, 5.74) is 0. The van der Waals surface area contributed by atoms with Crippen LogP contribution >= 0.6 is 0 Å². The first-order chi connectivity index (χ1) is 9.46. The highest BCUT2D eigenvalue weighted by Gasteiger charge is 2.32. The standard InChI is InChI=1S/C12H15NO6S/c1-2-6-13(7-11(14)15)20(16,17)10-5-3-4-9-12(10)19-8-18-9/h3-5H,2,6-8H2,1H3,(H,14,15). The van der Waals surface area contributed by atoms with E-state index in [0.717, 1.165) is 4.31 Å². The molecule has 1 heterocycles. The molecule has 0 radical (unpaired) electrons. The SMILES string of the molecule is CCCN(CC(=O)O)S(=O)(=O)c1cccc2c1OCO2. The summed E-state index contributed by atoms with van der Waals surface area (Å²) in [7, 11) is -3.94. The molecular formula is C12H15NO6S. The molecule has 1 aromatic rings. The Morgan fingerprint density at radius 3 is 2.80 bits per heavy atom. The maximum absolute atomic E-state index is 12.5. The average molecular weight is 301 g/mol. The van der Waals surface area contributed by atoms with Crippen molar-refractivity contribution in [3.05, 3.63) is 18.2 Å². The molecule has 1 N–H and O–H groups in total. The minimum Gasteiger partial charge on any atom is -0.480 e. The first-order valence-corrected chi connectivity index (χ1v) is 7.51. The Balaban J connectivity index is 2.43. The van der Waals surface area contributed by atoms with E-state index in [0.29, 0.717) is 12.2 Å². The first-order valence-electron chi connectivity index (χ1n) is 6.07. The van der Waals surface area contributed by atoms with Crippen LogP contribution in [0.2, 0.25) is 0 Å². The number of ether oxygens (including phenoxy) is 2. The Kier molecular flexibility index (Phi) is 4.15. The quantitative estimate of drug-likeness (QED) is 0.839. The number of rotatable bonds is 6. The second-order valence-corrected chi connectivity index (χ2v) is 6.13. The second-order valence-electron chi connectivity index (χ2n) is 4.22. The van der Waals surface area contributed by atoms with Crippen molar-refractivity contribution in [2.45, 2.75) is 18.2 Å². The van der Waals surface area contributed by atoms with Gasteiger partial charge in [-0.3, -0.25) is 4.79 Å². The maximum atomic E-state index is 12.5. The van der Waals surface area contributed by atoms with Crippen molar-refractivity contribution in [1.82, 2.24) is 4.31 Å². The Labute approximate surface area is 116 Å². The fourth-order valence-electron chi connectivity index (χ4n) is 1.93. The highest BCUT2D eigenvalue weighted by atomic mass is 32.2. The molecule has 110 valence electrons. The van der Waals surface area contributed by atoms with Crippen LogP contribution in [0.3, 0.4) is 0 Å². The van der Waals surface area contributed by atoms with Crippen molar-refractivity contribution in [1.29, 1.82) is 0 Å². The third-order valence-corrected chi connectivity index (χ3v) is 4.63. The Morgan fingerprint density at radius 1 is 1.40 bits per heavy atom. The minimum absolute atomic E-state index is 0.0470. The summed E-state index contributed by atoms with van der Waals surface area (Å²) in [5.74, 6) is -0.719. The summed E-state index contributed by atoms with van der Waals surface area (Å²) in [6.07, 6.45) is 0.513. The zero-order chi connectivity index (χ0) is 14.8. The monoisotopic (exact) mass is 301 g/mol. The zero-order valence-electron chi connectivity index (χ0n) is 10.9. The fraction of sp³-hybridized carbons (Fsp3) is 0.417. The van der Waals surface area contributed by atoms with E-state index in [1.165, 1.54) is 12.1 Å². The summed E-state index contributed by atoms with van der Waals surface area (Å²) < 4.78 is 36.3. The number of benzene rings is 1. The summed E-state index contributed by atoms with van der Waals surface area (Å²) in [5, 5.41) is 8.85. The van der Waals surface area contributed by atoms with Crippen molar-refractivity contribution in [3.63, 3.8) is 0 Å². The summed E-state index contributed by atoms with van der Waals surface area (Å²) >= 11 is 0. The Hall–Kier alpha value is -1.80. The molecule has 0 aliphatic carbocycles. The van der Waals surface area contributed by atoms with Gasteiger partial charge in [0.15, 0.2) is 11.5 Å². The largest absolute Gasteiger partial charge is 0.480 e. The highest BCUT2D eigenvalue weighted by Crippen LogP contribution is 2.39. The van der Waals surface area contributed by atoms with Crippen LogP contribution in [0.1, 0.15) is 13.3 Å². The molecule has 0 fully saturated rings.